The maximum absolute atomic E-state index is 3.53. The first-order valence-electron chi connectivity index (χ1n) is 5.74. The fraction of sp³-hybridized carbons (Fsp3) is 1.00. The standard InChI is InChI=1S/C12H27N/c1-6-8-13-10-12(5,7-2)9-11(3)4/h11,13H,6-10H2,1-5H3. The Kier molecular flexibility index (Phi) is 6.40. The van der Waals surface area contributed by atoms with Crippen LogP contribution in [0, 0.1) is 11.3 Å². The molecule has 0 aliphatic rings. The maximum atomic E-state index is 3.53. The molecule has 0 aromatic heterocycles. The Balaban J connectivity index is 3.81. The van der Waals surface area contributed by atoms with Gasteiger partial charge in [-0.1, -0.05) is 34.6 Å². The molecular formula is C12H27N. The highest BCUT2D eigenvalue weighted by Crippen LogP contribution is 2.28. The van der Waals surface area contributed by atoms with Crippen LogP contribution in [0.2, 0.25) is 0 Å². The van der Waals surface area contributed by atoms with Crippen molar-refractivity contribution in [1.82, 2.24) is 5.32 Å². The molecule has 0 aliphatic heterocycles. The lowest BCUT2D eigenvalue weighted by Crippen LogP contribution is -2.33. The molecule has 1 unspecified atom stereocenters. The van der Waals surface area contributed by atoms with Crippen LogP contribution in [-0.4, -0.2) is 13.1 Å². The summed E-state index contributed by atoms with van der Waals surface area (Å²) in [4.78, 5) is 0. The predicted molar refractivity (Wildman–Crippen MR) is 61.0 cm³/mol. The smallest absolute Gasteiger partial charge is 0.000515 e. The van der Waals surface area contributed by atoms with Crippen molar-refractivity contribution in [2.45, 2.75) is 53.9 Å². The lowest BCUT2D eigenvalue weighted by molar-refractivity contribution is 0.235. The second-order valence-corrected chi connectivity index (χ2v) is 4.94. The van der Waals surface area contributed by atoms with Crippen LogP contribution in [0.4, 0.5) is 0 Å². The zero-order valence-electron chi connectivity index (χ0n) is 10.1. The van der Waals surface area contributed by atoms with E-state index < -0.39 is 0 Å². The first-order valence-corrected chi connectivity index (χ1v) is 5.74. The summed E-state index contributed by atoms with van der Waals surface area (Å²) in [5.41, 5.74) is 0.503. The van der Waals surface area contributed by atoms with Gasteiger partial charge in [-0.15, -0.1) is 0 Å². The molecule has 0 fully saturated rings. The first kappa shape index (κ1) is 13.0. The van der Waals surface area contributed by atoms with E-state index in [0.29, 0.717) is 5.41 Å². The number of nitrogens with one attached hydrogen (secondary N) is 1. The first-order chi connectivity index (χ1) is 6.04. The van der Waals surface area contributed by atoms with Crippen LogP contribution in [-0.2, 0) is 0 Å². The second kappa shape index (κ2) is 6.42. The maximum Gasteiger partial charge on any atom is 0.000515 e. The SMILES string of the molecule is CCCNCC(C)(CC)CC(C)C. The zero-order chi connectivity index (χ0) is 10.3. The summed E-state index contributed by atoms with van der Waals surface area (Å²) < 4.78 is 0. The van der Waals surface area contributed by atoms with Gasteiger partial charge >= 0.3 is 0 Å². The molecule has 1 atom stereocenters. The van der Waals surface area contributed by atoms with Crippen LogP contribution in [0.3, 0.4) is 0 Å². The highest BCUT2D eigenvalue weighted by molar-refractivity contribution is 4.76. The lowest BCUT2D eigenvalue weighted by atomic mass is 9.79. The van der Waals surface area contributed by atoms with Crippen molar-refractivity contribution in [3.63, 3.8) is 0 Å². The van der Waals surface area contributed by atoms with E-state index in [2.05, 4.69) is 39.9 Å². The van der Waals surface area contributed by atoms with E-state index in [9.17, 15) is 0 Å². The van der Waals surface area contributed by atoms with E-state index in [-0.39, 0.29) is 0 Å². The van der Waals surface area contributed by atoms with Gasteiger partial charge in [-0.2, -0.15) is 0 Å². The Labute approximate surface area is 84.3 Å². The molecule has 0 aliphatic carbocycles. The summed E-state index contributed by atoms with van der Waals surface area (Å²) in [6.07, 6.45) is 3.85. The molecule has 0 aromatic rings. The van der Waals surface area contributed by atoms with Gasteiger partial charge in [0.2, 0.25) is 0 Å². The second-order valence-electron chi connectivity index (χ2n) is 4.94. The lowest BCUT2D eigenvalue weighted by Gasteiger charge is -2.30. The van der Waals surface area contributed by atoms with Crippen LogP contribution in [0.15, 0.2) is 0 Å². The van der Waals surface area contributed by atoms with E-state index in [0.717, 1.165) is 12.5 Å². The molecule has 0 saturated carbocycles. The van der Waals surface area contributed by atoms with E-state index in [4.69, 9.17) is 0 Å². The van der Waals surface area contributed by atoms with Crippen LogP contribution in [0.5, 0.6) is 0 Å². The van der Waals surface area contributed by atoms with E-state index in [1.54, 1.807) is 0 Å². The van der Waals surface area contributed by atoms with Crippen molar-refractivity contribution < 1.29 is 0 Å². The van der Waals surface area contributed by atoms with Crippen molar-refractivity contribution in [1.29, 1.82) is 0 Å². The number of rotatable bonds is 7. The quantitative estimate of drug-likeness (QED) is 0.599. The minimum absolute atomic E-state index is 0.503. The Morgan fingerprint density at radius 1 is 1.23 bits per heavy atom. The molecule has 0 saturated heterocycles. The Morgan fingerprint density at radius 2 is 1.85 bits per heavy atom. The van der Waals surface area contributed by atoms with Gasteiger partial charge in [0.15, 0.2) is 0 Å². The average Bonchev–Trinajstić information content (AvgIpc) is 2.04. The van der Waals surface area contributed by atoms with Gasteiger partial charge in [-0.05, 0) is 37.1 Å². The molecule has 1 N–H and O–H groups in total. The summed E-state index contributed by atoms with van der Waals surface area (Å²) in [6, 6.07) is 0. The van der Waals surface area contributed by atoms with Crippen LogP contribution >= 0.6 is 0 Å². The third kappa shape index (κ3) is 6.09. The highest BCUT2D eigenvalue weighted by atomic mass is 14.9. The van der Waals surface area contributed by atoms with Gasteiger partial charge in [0.1, 0.15) is 0 Å². The van der Waals surface area contributed by atoms with Crippen LogP contribution in [0.1, 0.15) is 53.9 Å². The molecule has 13 heavy (non-hydrogen) atoms. The molecule has 0 rings (SSSR count). The van der Waals surface area contributed by atoms with Crippen LogP contribution < -0.4 is 5.32 Å². The summed E-state index contributed by atoms with van der Waals surface area (Å²) >= 11 is 0. The molecule has 1 nitrogen and oxygen atoms in total. The third-order valence-electron chi connectivity index (χ3n) is 2.73. The van der Waals surface area contributed by atoms with E-state index in [1.165, 1.54) is 25.8 Å². The Morgan fingerprint density at radius 3 is 2.23 bits per heavy atom. The van der Waals surface area contributed by atoms with Gasteiger partial charge in [0, 0.05) is 6.54 Å². The number of hydrogen-bond acceptors (Lipinski definition) is 1. The van der Waals surface area contributed by atoms with Gasteiger partial charge in [0.05, 0.1) is 0 Å². The van der Waals surface area contributed by atoms with E-state index in [1.807, 2.05) is 0 Å². The Hall–Kier alpha value is -0.0400. The Bertz CT molecular complexity index is 120. The van der Waals surface area contributed by atoms with Crippen molar-refractivity contribution >= 4 is 0 Å². The molecule has 0 spiro atoms. The van der Waals surface area contributed by atoms with Crippen molar-refractivity contribution in [2.75, 3.05) is 13.1 Å². The van der Waals surface area contributed by atoms with Gasteiger partial charge in [-0.3, -0.25) is 0 Å². The van der Waals surface area contributed by atoms with Gasteiger partial charge < -0.3 is 5.32 Å². The average molecular weight is 185 g/mol. The van der Waals surface area contributed by atoms with Crippen molar-refractivity contribution in [2.24, 2.45) is 11.3 Å². The minimum Gasteiger partial charge on any atom is -0.316 e. The van der Waals surface area contributed by atoms with Gasteiger partial charge in [-0.25, -0.2) is 0 Å². The normalized spacial score (nSPS) is 16.2. The summed E-state index contributed by atoms with van der Waals surface area (Å²) in [6.45, 7) is 13.9. The van der Waals surface area contributed by atoms with Crippen molar-refractivity contribution in [3.05, 3.63) is 0 Å². The molecule has 1 heteroatoms. The molecule has 80 valence electrons. The minimum atomic E-state index is 0.503. The topological polar surface area (TPSA) is 12.0 Å². The third-order valence-corrected chi connectivity index (χ3v) is 2.73. The monoisotopic (exact) mass is 185 g/mol. The summed E-state index contributed by atoms with van der Waals surface area (Å²) in [5, 5.41) is 3.53. The molecule has 0 amide bonds. The fourth-order valence-electron chi connectivity index (χ4n) is 1.89. The predicted octanol–water partition coefficient (Wildman–Crippen LogP) is 3.45. The van der Waals surface area contributed by atoms with Gasteiger partial charge in [0.25, 0.3) is 0 Å². The highest BCUT2D eigenvalue weighted by Gasteiger charge is 2.22. The summed E-state index contributed by atoms with van der Waals surface area (Å²) in [7, 11) is 0. The van der Waals surface area contributed by atoms with E-state index >= 15 is 0 Å². The van der Waals surface area contributed by atoms with Crippen molar-refractivity contribution in [3.8, 4) is 0 Å². The number of hydrogen-bond donors (Lipinski definition) is 1. The molecule has 0 heterocycles. The summed E-state index contributed by atoms with van der Waals surface area (Å²) in [5.74, 6) is 0.813. The molecule has 0 aromatic carbocycles. The molecule has 0 bridgehead atoms. The van der Waals surface area contributed by atoms with Crippen LogP contribution in [0.25, 0.3) is 0 Å². The molecule has 0 radical (unpaired) electrons. The molecular weight excluding hydrogens is 158 g/mol. The zero-order valence-corrected chi connectivity index (χ0v) is 10.1. The largest absolute Gasteiger partial charge is 0.316 e. The fourth-order valence-corrected chi connectivity index (χ4v) is 1.89.